The molecule has 0 atom stereocenters. The molecule has 0 aliphatic rings. The molecule has 0 rings (SSSR count). The van der Waals surface area contributed by atoms with Crippen LogP contribution in [0.25, 0.3) is 0 Å². The van der Waals surface area contributed by atoms with E-state index >= 15 is 0 Å². The molecule has 0 heterocycles. The van der Waals surface area contributed by atoms with Crippen molar-refractivity contribution in [3.8, 4) is 0 Å². The first-order valence-electron chi connectivity index (χ1n) is 5.61. The van der Waals surface area contributed by atoms with Crippen LogP contribution < -0.4 is 5.32 Å². The Bertz CT molecular complexity index is 165. The maximum absolute atomic E-state index is 11.1. The minimum atomic E-state index is -0.723. The number of hydrogen-bond acceptors (Lipinski definition) is 2. The average Bonchev–Trinajstić information content (AvgIpc) is 2.18. The van der Waals surface area contributed by atoms with Crippen molar-refractivity contribution in [1.82, 2.24) is 5.32 Å². The van der Waals surface area contributed by atoms with Crippen molar-refractivity contribution in [2.45, 2.75) is 58.4 Å². The minimum Gasteiger partial charge on any atom is -0.480 e. The summed E-state index contributed by atoms with van der Waals surface area (Å²) in [6.45, 7) is 6.79. The van der Waals surface area contributed by atoms with Crippen LogP contribution in [0.3, 0.4) is 0 Å². The van der Waals surface area contributed by atoms with E-state index in [1.807, 2.05) is 13.8 Å². The number of nitrogens with one attached hydrogen (secondary N) is 1. The molecule has 0 aliphatic carbocycles. The van der Waals surface area contributed by atoms with Crippen LogP contribution in [0.5, 0.6) is 0 Å². The van der Waals surface area contributed by atoms with Crippen molar-refractivity contribution in [3.63, 3.8) is 0 Å². The Hall–Kier alpha value is -0.570. The lowest BCUT2D eigenvalue weighted by Gasteiger charge is -2.28. The van der Waals surface area contributed by atoms with E-state index in [0.29, 0.717) is 12.8 Å². The third-order valence-electron chi connectivity index (χ3n) is 2.86. The van der Waals surface area contributed by atoms with Gasteiger partial charge >= 0.3 is 5.97 Å². The van der Waals surface area contributed by atoms with E-state index in [-0.39, 0.29) is 0 Å². The van der Waals surface area contributed by atoms with Gasteiger partial charge in [-0.15, -0.1) is 0 Å². The zero-order valence-electron chi connectivity index (χ0n) is 9.60. The zero-order valence-corrected chi connectivity index (χ0v) is 9.60. The highest BCUT2D eigenvalue weighted by atomic mass is 16.4. The second kappa shape index (κ2) is 6.82. The molecular weight excluding hydrogens is 178 g/mol. The molecule has 0 spiro atoms. The molecule has 0 aromatic carbocycles. The highest BCUT2D eigenvalue weighted by molar-refractivity contribution is 5.78. The summed E-state index contributed by atoms with van der Waals surface area (Å²) < 4.78 is 0. The van der Waals surface area contributed by atoms with Gasteiger partial charge in [-0.2, -0.15) is 0 Å². The molecular formula is C11H23NO2. The second-order valence-corrected chi connectivity index (χ2v) is 3.73. The van der Waals surface area contributed by atoms with Gasteiger partial charge in [-0.1, -0.05) is 33.6 Å². The molecule has 2 N–H and O–H groups in total. The molecule has 0 saturated heterocycles. The summed E-state index contributed by atoms with van der Waals surface area (Å²) >= 11 is 0. The van der Waals surface area contributed by atoms with Crippen molar-refractivity contribution in [2.24, 2.45) is 0 Å². The largest absolute Gasteiger partial charge is 0.480 e. The first kappa shape index (κ1) is 13.4. The molecule has 14 heavy (non-hydrogen) atoms. The van der Waals surface area contributed by atoms with Gasteiger partial charge in [0.25, 0.3) is 0 Å². The van der Waals surface area contributed by atoms with Gasteiger partial charge in [0.1, 0.15) is 5.54 Å². The Morgan fingerprint density at radius 3 is 2.14 bits per heavy atom. The van der Waals surface area contributed by atoms with Crippen molar-refractivity contribution in [2.75, 3.05) is 6.54 Å². The van der Waals surface area contributed by atoms with Crippen LogP contribution >= 0.6 is 0 Å². The van der Waals surface area contributed by atoms with Crippen LogP contribution in [0.1, 0.15) is 52.9 Å². The van der Waals surface area contributed by atoms with Crippen LogP contribution in [0.15, 0.2) is 0 Å². The van der Waals surface area contributed by atoms with Crippen LogP contribution in [-0.4, -0.2) is 23.2 Å². The summed E-state index contributed by atoms with van der Waals surface area (Å²) in [5, 5.41) is 12.3. The van der Waals surface area contributed by atoms with E-state index in [0.717, 1.165) is 19.4 Å². The number of aliphatic carboxylic acids is 1. The molecule has 0 fully saturated rings. The number of carboxylic acids is 1. The van der Waals surface area contributed by atoms with E-state index < -0.39 is 11.5 Å². The van der Waals surface area contributed by atoms with E-state index in [1.165, 1.54) is 6.42 Å². The predicted octanol–water partition coefficient (Wildman–Crippen LogP) is 2.41. The Morgan fingerprint density at radius 2 is 1.79 bits per heavy atom. The Morgan fingerprint density at radius 1 is 1.21 bits per heavy atom. The van der Waals surface area contributed by atoms with Gasteiger partial charge in [-0.25, -0.2) is 0 Å². The quantitative estimate of drug-likeness (QED) is 0.593. The SMILES string of the molecule is CCCCCNC(CC)(CC)C(=O)O. The Labute approximate surface area is 86.9 Å². The average molecular weight is 201 g/mol. The van der Waals surface area contributed by atoms with Gasteiger partial charge in [-0.3, -0.25) is 4.79 Å². The summed E-state index contributed by atoms with van der Waals surface area (Å²) in [6, 6.07) is 0. The maximum atomic E-state index is 11.1. The van der Waals surface area contributed by atoms with Crippen LogP contribution in [0, 0.1) is 0 Å². The number of hydrogen-bond donors (Lipinski definition) is 2. The van der Waals surface area contributed by atoms with E-state index in [1.54, 1.807) is 0 Å². The van der Waals surface area contributed by atoms with E-state index in [2.05, 4.69) is 12.2 Å². The highest BCUT2D eigenvalue weighted by Gasteiger charge is 2.33. The van der Waals surface area contributed by atoms with Gasteiger partial charge in [0.2, 0.25) is 0 Å². The van der Waals surface area contributed by atoms with Gasteiger partial charge < -0.3 is 10.4 Å². The van der Waals surface area contributed by atoms with Crippen molar-refractivity contribution < 1.29 is 9.90 Å². The lowest BCUT2D eigenvalue weighted by Crippen LogP contribution is -2.51. The standard InChI is InChI=1S/C11H23NO2/c1-4-7-8-9-12-11(5-2,6-3)10(13)14/h12H,4-9H2,1-3H3,(H,13,14). The smallest absolute Gasteiger partial charge is 0.323 e. The summed E-state index contributed by atoms with van der Waals surface area (Å²) in [5.74, 6) is -0.723. The first-order chi connectivity index (χ1) is 6.63. The monoisotopic (exact) mass is 201 g/mol. The first-order valence-corrected chi connectivity index (χ1v) is 5.61. The normalized spacial score (nSPS) is 11.6. The van der Waals surface area contributed by atoms with E-state index in [9.17, 15) is 4.79 Å². The van der Waals surface area contributed by atoms with Crippen LogP contribution in [0.4, 0.5) is 0 Å². The third kappa shape index (κ3) is 3.66. The Kier molecular flexibility index (Phi) is 6.54. The van der Waals surface area contributed by atoms with Gasteiger partial charge in [-0.05, 0) is 25.8 Å². The lowest BCUT2D eigenvalue weighted by atomic mass is 9.93. The molecule has 3 heteroatoms. The fourth-order valence-corrected chi connectivity index (χ4v) is 1.58. The summed E-state index contributed by atoms with van der Waals surface area (Å²) in [4.78, 5) is 11.1. The summed E-state index contributed by atoms with van der Waals surface area (Å²) in [6.07, 6.45) is 4.68. The topological polar surface area (TPSA) is 49.3 Å². The highest BCUT2D eigenvalue weighted by Crippen LogP contribution is 2.15. The summed E-state index contributed by atoms with van der Waals surface area (Å²) in [7, 11) is 0. The molecule has 0 amide bonds. The molecule has 0 saturated carbocycles. The zero-order chi connectivity index (χ0) is 11.0. The number of carboxylic acid groups (broad SMARTS) is 1. The van der Waals surface area contributed by atoms with Crippen LogP contribution in [0.2, 0.25) is 0 Å². The lowest BCUT2D eigenvalue weighted by molar-refractivity contribution is -0.145. The number of rotatable bonds is 8. The van der Waals surface area contributed by atoms with Crippen molar-refractivity contribution in [1.29, 1.82) is 0 Å². The Balaban J connectivity index is 4.02. The van der Waals surface area contributed by atoms with Gasteiger partial charge in [0.05, 0.1) is 0 Å². The number of unbranched alkanes of at least 4 members (excludes halogenated alkanes) is 2. The van der Waals surface area contributed by atoms with Gasteiger partial charge in [0.15, 0.2) is 0 Å². The fraction of sp³-hybridized carbons (Fsp3) is 0.909. The van der Waals surface area contributed by atoms with Crippen molar-refractivity contribution in [3.05, 3.63) is 0 Å². The molecule has 0 radical (unpaired) electrons. The molecule has 0 aromatic heterocycles. The maximum Gasteiger partial charge on any atom is 0.323 e. The molecule has 0 unspecified atom stereocenters. The molecule has 84 valence electrons. The molecule has 0 aliphatic heterocycles. The molecule has 3 nitrogen and oxygen atoms in total. The molecule has 0 bridgehead atoms. The second-order valence-electron chi connectivity index (χ2n) is 3.73. The van der Waals surface area contributed by atoms with E-state index in [4.69, 9.17) is 5.11 Å². The van der Waals surface area contributed by atoms with Gasteiger partial charge in [0, 0.05) is 0 Å². The fourth-order valence-electron chi connectivity index (χ4n) is 1.58. The van der Waals surface area contributed by atoms with Crippen LogP contribution in [-0.2, 0) is 4.79 Å². The third-order valence-corrected chi connectivity index (χ3v) is 2.86. The summed E-state index contributed by atoms with van der Waals surface area (Å²) in [5.41, 5.74) is -0.701. The number of carbonyl (C=O) groups is 1. The predicted molar refractivity (Wildman–Crippen MR) is 58.5 cm³/mol. The minimum absolute atomic E-state index is 0.644. The van der Waals surface area contributed by atoms with Crippen molar-refractivity contribution >= 4 is 5.97 Å². The molecule has 0 aromatic rings.